The molecule has 0 aliphatic heterocycles. The second kappa shape index (κ2) is 6.64. The van der Waals surface area contributed by atoms with Crippen LogP contribution in [-0.4, -0.2) is 10.8 Å². The SMILES string of the molecule is C=CC(=CC(=C)F)Oc1cc(CC)nc(C(C)=O)c1. The van der Waals surface area contributed by atoms with E-state index in [9.17, 15) is 9.18 Å². The number of aromatic nitrogens is 1. The van der Waals surface area contributed by atoms with E-state index in [4.69, 9.17) is 4.74 Å². The van der Waals surface area contributed by atoms with Crippen LogP contribution in [0.3, 0.4) is 0 Å². The fourth-order valence-electron chi connectivity index (χ4n) is 1.40. The molecule has 0 saturated heterocycles. The minimum atomic E-state index is -0.633. The third-order valence-corrected chi connectivity index (χ3v) is 2.31. The Bertz CT molecular complexity index is 547. The quantitative estimate of drug-likeness (QED) is 0.444. The lowest BCUT2D eigenvalue weighted by atomic mass is 10.2. The fourth-order valence-corrected chi connectivity index (χ4v) is 1.40. The minimum Gasteiger partial charge on any atom is -0.457 e. The van der Waals surface area contributed by atoms with Crippen molar-refractivity contribution in [3.63, 3.8) is 0 Å². The van der Waals surface area contributed by atoms with Crippen LogP contribution in [0.15, 0.2) is 49.0 Å². The van der Waals surface area contributed by atoms with Crippen LogP contribution in [-0.2, 0) is 6.42 Å². The number of hydrogen-bond donors (Lipinski definition) is 0. The number of allylic oxidation sites excluding steroid dienone is 3. The molecule has 3 nitrogen and oxygen atoms in total. The highest BCUT2D eigenvalue weighted by Crippen LogP contribution is 2.19. The van der Waals surface area contributed by atoms with E-state index < -0.39 is 5.83 Å². The van der Waals surface area contributed by atoms with E-state index in [1.807, 2.05) is 6.92 Å². The number of aryl methyl sites for hydroxylation is 1. The third kappa shape index (κ3) is 4.50. The van der Waals surface area contributed by atoms with E-state index in [0.717, 1.165) is 11.8 Å². The summed E-state index contributed by atoms with van der Waals surface area (Å²) < 4.78 is 18.2. The maximum absolute atomic E-state index is 12.7. The average molecular weight is 261 g/mol. The summed E-state index contributed by atoms with van der Waals surface area (Å²) in [5.41, 5.74) is 1.04. The Hall–Kier alpha value is -2.23. The number of pyridine rings is 1. The van der Waals surface area contributed by atoms with E-state index in [1.165, 1.54) is 19.1 Å². The van der Waals surface area contributed by atoms with Crippen molar-refractivity contribution in [1.82, 2.24) is 4.98 Å². The van der Waals surface area contributed by atoms with Gasteiger partial charge in [-0.05, 0) is 12.5 Å². The molecule has 0 spiro atoms. The van der Waals surface area contributed by atoms with Crippen molar-refractivity contribution >= 4 is 5.78 Å². The Labute approximate surface area is 112 Å². The van der Waals surface area contributed by atoms with Crippen LogP contribution in [0.25, 0.3) is 0 Å². The lowest BCUT2D eigenvalue weighted by Crippen LogP contribution is -2.02. The summed E-state index contributed by atoms with van der Waals surface area (Å²) in [7, 11) is 0. The van der Waals surface area contributed by atoms with Gasteiger partial charge in [-0.15, -0.1) is 0 Å². The van der Waals surface area contributed by atoms with Gasteiger partial charge >= 0.3 is 0 Å². The second-order valence-electron chi connectivity index (χ2n) is 3.89. The highest BCUT2D eigenvalue weighted by Gasteiger charge is 2.08. The molecule has 0 aliphatic rings. The maximum atomic E-state index is 12.7. The Balaban J connectivity index is 3.12. The van der Waals surface area contributed by atoms with Crippen LogP contribution in [0.5, 0.6) is 5.75 Å². The molecule has 0 bridgehead atoms. The van der Waals surface area contributed by atoms with Crippen molar-refractivity contribution in [2.45, 2.75) is 20.3 Å². The van der Waals surface area contributed by atoms with E-state index in [0.29, 0.717) is 17.9 Å². The van der Waals surface area contributed by atoms with Crippen LogP contribution in [0.4, 0.5) is 4.39 Å². The summed E-state index contributed by atoms with van der Waals surface area (Å²) in [6, 6.07) is 3.21. The zero-order valence-electron chi connectivity index (χ0n) is 11.1. The number of rotatable bonds is 6. The number of Topliss-reactive ketones (excluding diaryl/α,β-unsaturated/α-hetero) is 1. The largest absolute Gasteiger partial charge is 0.457 e. The lowest BCUT2D eigenvalue weighted by Gasteiger charge is -2.09. The van der Waals surface area contributed by atoms with Crippen LogP contribution < -0.4 is 4.74 Å². The van der Waals surface area contributed by atoms with Crippen LogP contribution >= 0.6 is 0 Å². The number of hydrogen-bond acceptors (Lipinski definition) is 3. The summed E-state index contributed by atoms with van der Waals surface area (Å²) >= 11 is 0. The van der Waals surface area contributed by atoms with Gasteiger partial charge in [0.25, 0.3) is 0 Å². The Morgan fingerprint density at radius 3 is 2.68 bits per heavy atom. The molecule has 0 unspecified atom stereocenters. The number of ether oxygens (including phenoxy) is 1. The summed E-state index contributed by atoms with van der Waals surface area (Å²) in [4.78, 5) is 15.6. The first-order chi connectivity index (χ1) is 8.96. The number of ketones is 1. The van der Waals surface area contributed by atoms with Gasteiger partial charge in [0.1, 0.15) is 23.0 Å². The average Bonchev–Trinajstić information content (AvgIpc) is 2.36. The zero-order chi connectivity index (χ0) is 14.4. The zero-order valence-corrected chi connectivity index (χ0v) is 11.1. The molecule has 1 rings (SSSR count). The second-order valence-corrected chi connectivity index (χ2v) is 3.89. The van der Waals surface area contributed by atoms with Crippen molar-refractivity contribution < 1.29 is 13.9 Å². The highest BCUT2D eigenvalue weighted by molar-refractivity contribution is 5.92. The molecule has 0 aromatic carbocycles. The lowest BCUT2D eigenvalue weighted by molar-refractivity contribution is 0.101. The molecule has 0 atom stereocenters. The first kappa shape index (κ1) is 14.8. The van der Waals surface area contributed by atoms with Gasteiger partial charge in [0.15, 0.2) is 5.78 Å². The smallest absolute Gasteiger partial charge is 0.178 e. The van der Waals surface area contributed by atoms with E-state index >= 15 is 0 Å². The fraction of sp³-hybridized carbons (Fsp3) is 0.200. The number of carbonyl (C=O) groups excluding carboxylic acids is 1. The van der Waals surface area contributed by atoms with Gasteiger partial charge in [0.2, 0.25) is 0 Å². The Morgan fingerprint density at radius 1 is 1.53 bits per heavy atom. The van der Waals surface area contributed by atoms with Gasteiger partial charge in [-0.1, -0.05) is 20.1 Å². The number of nitrogens with zero attached hydrogens (tertiary/aromatic N) is 1. The van der Waals surface area contributed by atoms with E-state index in [-0.39, 0.29) is 11.5 Å². The normalized spacial score (nSPS) is 11.0. The predicted octanol–water partition coefficient (Wildman–Crippen LogP) is 3.78. The summed E-state index contributed by atoms with van der Waals surface area (Å²) in [6.07, 6.45) is 3.15. The molecule has 4 heteroatoms. The monoisotopic (exact) mass is 261 g/mol. The Morgan fingerprint density at radius 2 is 2.21 bits per heavy atom. The highest BCUT2D eigenvalue weighted by atomic mass is 19.1. The molecule has 0 N–H and O–H groups in total. The molecule has 0 radical (unpaired) electrons. The minimum absolute atomic E-state index is 0.154. The van der Waals surface area contributed by atoms with Crippen LogP contribution in [0.2, 0.25) is 0 Å². The van der Waals surface area contributed by atoms with Crippen molar-refractivity contribution in [2.75, 3.05) is 0 Å². The van der Waals surface area contributed by atoms with Gasteiger partial charge < -0.3 is 4.74 Å². The third-order valence-electron chi connectivity index (χ3n) is 2.31. The Kier molecular flexibility index (Phi) is 5.18. The van der Waals surface area contributed by atoms with Crippen molar-refractivity contribution in [2.24, 2.45) is 0 Å². The van der Waals surface area contributed by atoms with Gasteiger partial charge in [-0.3, -0.25) is 4.79 Å². The molecule has 19 heavy (non-hydrogen) atoms. The standard InChI is InChI=1S/C15H16FNO2/c1-5-12-8-14(9-15(17-12)11(4)18)19-13(6-2)7-10(3)16/h6-9H,2-3,5H2,1,4H3. The first-order valence-corrected chi connectivity index (χ1v) is 5.84. The first-order valence-electron chi connectivity index (χ1n) is 5.84. The predicted molar refractivity (Wildman–Crippen MR) is 72.8 cm³/mol. The molecule has 0 amide bonds. The molecular weight excluding hydrogens is 245 g/mol. The van der Waals surface area contributed by atoms with Gasteiger partial charge in [0, 0.05) is 30.8 Å². The van der Waals surface area contributed by atoms with Crippen LogP contribution in [0, 0.1) is 0 Å². The summed E-state index contributed by atoms with van der Waals surface area (Å²) in [5.74, 6) is -0.148. The summed E-state index contributed by atoms with van der Waals surface area (Å²) in [5, 5.41) is 0. The molecule has 0 aliphatic carbocycles. The number of carbonyl (C=O) groups is 1. The van der Waals surface area contributed by atoms with Crippen LogP contribution in [0.1, 0.15) is 30.0 Å². The maximum Gasteiger partial charge on any atom is 0.178 e. The summed E-state index contributed by atoms with van der Waals surface area (Å²) in [6.45, 7) is 10.0. The molecule has 1 aromatic heterocycles. The van der Waals surface area contributed by atoms with Gasteiger partial charge in [-0.25, -0.2) is 9.37 Å². The van der Waals surface area contributed by atoms with Crippen molar-refractivity contribution in [3.05, 3.63) is 60.4 Å². The van der Waals surface area contributed by atoms with E-state index in [2.05, 4.69) is 18.1 Å². The van der Waals surface area contributed by atoms with Crippen molar-refractivity contribution in [3.8, 4) is 5.75 Å². The molecule has 1 heterocycles. The van der Waals surface area contributed by atoms with Gasteiger partial charge in [-0.2, -0.15) is 0 Å². The van der Waals surface area contributed by atoms with Crippen molar-refractivity contribution in [1.29, 1.82) is 0 Å². The molecule has 1 aromatic rings. The molecule has 0 saturated carbocycles. The van der Waals surface area contributed by atoms with E-state index in [1.54, 1.807) is 6.07 Å². The molecule has 0 fully saturated rings. The number of halogens is 1. The topological polar surface area (TPSA) is 39.2 Å². The molecule has 100 valence electrons. The van der Waals surface area contributed by atoms with Gasteiger partial charge in [0.05, 0.1) is 0 Å². The molecular formula is C15H16FNO2.